The van der Waals surface area contributed by atoms with Crippen molar-refractivity contribution in [2.75, 3.05) is 24.4 Å². The number of amides is 1. The Kier molecular flexibility index (Phi) is 5.66. The number of aromatic nitrogens is 2. The maximum absolute atomic E-state index is 13.9. The minimum Gasteiger partial charge on any atom is -0.454 e. The van der Waals surface area contributed by atoms with Gasteiger partial charge in [-0.2, -0.15) is 0 Å². The van der Waals surface area contributed by atoms with Crippen molar-refractivity contribution in [1.82, 2.24) is 9.97 Å². The number of anilines is 2. The minimum absolute atomic E-state index is 0.0456. The van der Waals surface area contributed by atoms with E-state index in [1.165, 1.54) is 37.6 Å². The van der Waals surface area contributed by atoms with Gasteiger partial charge in [-0.25, -0.2) is 9.37 Å². The molecule has 35 heavy (non-hydrogen) atoms. The Labute approximate surface area is 204 Å². The van der Waals surface area contributed by atoms with Gasteiger partial charge in [-0.15, -0.1) is 0 Å². The Morgan fingerprint density at radius 3 is 2.74 bits per heavy atom. The molecule has 4 aromatic rings. The second-order valence-corrected chi connectivity index (χ2v) is 8.73. The Bertz CT molecular complexity index is 1490. The lowest BCUT2D eigenvalue weighted by atomic mass is 9.96. The van der Waals surface area contributed by atoms with Crippen LogP contribution < -0.4 is 15.4 Å². The van der Waals surface area contributed by atoms with E-state index in [2.05, 4.69) is 20.6 Å². The van der Waals surface area contributed by atoms with Gasteiger partial charge in [0.1, 0.15) is 16.9 Å². The van der Waals surface area contributed by atoms with E-state index in [0.29, 0.717) is 28.0 Å². The normalized spacial score (nSPS) is 17.0. The summed E-state index contributed by atoms with van der Waals surface area (Å²) >= 11 is 6.44. The number of nitrogens with zero attached hydrogens (tertiary/aromatic N) is 1. The molecule has 3 heterocycles. The molecule has 3 N–H and O–H groups in total. The van der Waals surface area contributed by atoms with Crippen LogP contribution in [0.3, 0.4) is 0 Å². The van der Waals surface area contributed by atoms with Crippen molar-refractivity contribution in [3.63, 3.8) is 0 Å². The number of ketones is 1. The topological polar surface area (TPSA) is 105 Å². The van der Waals surface area contributed by atoms with Crippen LogP contribution in [0.4, 0.5) is 15.8 Å². The van der Waals surface area contributed by atoms with Gasteiger partial charge in [0.15, 0.2) is 17.3 Å². The SMILES string of the molecule is COC[C@]1(C)Nc2c(cnc3[nH]cc(C(=O)c4ccc(Oc5ccccc5F)cc4Cl)c23)NC1=O. The molecule has 1 aliphatic rings. The van der Waals surface area contributed by atoms with Gasteiger partial charge in [-0.3, -0.25) is 9.59 Å². The highest BCUT2D eigenvalue weighted by Crippen LogP contribution is 2.39. The first-order chi connectivity index (χ1) is 16.8. The molecule has 178 valence electrons. The molecule has 0 spiro atoms. The summed E-state index contributed by atoms with van der Waals surface area (Å²) in [6.45, 7) is 1.82. The van der Waals surface area contributed by atoms with Crippen LogP contribution in [0.25, 0.3) is 11.0 Å². The molecule has 0 aliphatic carbocycles. The van der Waals surface area contributed by atoms with E-state index in [1.54, 1.807) is 31.3 Å². The van der Waals surface area contributed by atoms with Crippen molar-refractivity contribution >= 4 is 45.7 Å². The van der Waals surface area contributed by atoms with Crippen molar-refractivity contribution < 1.29 is 23.5 Å². The van der Waals surface area contributed by atoms with Gasteiger partial charge >= 0.3 is 0 Å². The van der Waals surface area contributed by atoms with Crippen LogP contribution in [0.2, 0.25) is 5.02 Å². The second-order valence-electron chi connectivity index (χ2n) is 8.32. The largest absolute Gasteiger partial charge is 0.454 e. The molecular weight excluding hydrogens is 475 g/mol. The van der Waals surface area contributed by atoms with Crippen LogP contribution in [0.1, 0.15) is 22.8 Å². The predicted molar refractivity (Wildman–Crippen MR) is 130 cm³/mol. The third kappa shape index (κ3) is 3.98. The van der Waals surface area contributed by atoms with Gasteiger partial charge in [0.25, 0.3) is 5.91 Å². The first-order valence-electron chi connectivity index (χ1n) is 10.7. The molecule has 0 bridgehead atoms. The standard InChI is InChI=1S/C25H20ClFN4O4/c1-25(12-34-2)24(33)30-18-11-29-23-20(21(18)31-25)15(10-28-23)22(32)14-8-7-13(9-16(14)26)35-19-6-4-3-5-17(19)27/h3-11,31H,12H2,1-2H3,(H,28,29)(H,30,33)/t25-/m0/s1. The number of H-pyrrole nitrogens is 1. The number of ether oxygens (including phenoxy) is 2. The lowest BCUT2D eigenvalue weighted by Crippen LogP contribution is -2.53. The van der Waals surface area contributed by atoms with Gasteiger partial charge < -0.3 is 25.1 Å². The molecule has 0 radical (unpaired) electrons. The Morgan fingerprint density at radius 2 is 2.00 bits per heavy atom. The van der Waals surface area contributed by atoms with Gasteiger partial charge in [0.05, 0.1) is 40.2 Å². The molecular formula is C25H20ClFN4O4. The van der Waals surface area contributed by atoms with E-state index < -0.39 is 11.4 Å². The van der Waals surface area contributed by atoms with Crippen LogP contribution in [0.5, 0.6) is 11.5 Å². The summed E-state index contributed by atoms with van der Waals surface area (Å²) in [5.41, 5.74) is 0.963. The number of fused-ring (bicyclic) bond motifs is 3. The Hall–Kier alpha value is -3.95. The summed E-state index contributed by atoms with van der Waals surface area (Å²) in [6, 6.07) is 10.5. The van der Waals surface area contributed by atoms with Crippen molar-refractivity contribution in [2.24, 2.45) is 0 Å². The van der Waals surface area contributed by atoms with Gasteiger partial charge in [0.2, 0.25) is 0 Å². The van der Waals surface area contributed by atoms with Crippen LogP contribution in [0, 0.1) is 5.82 Å². The fraction of sp³-hybridized carbons (Fsp3) is 0.160. The smallest absolute Gasteiger partial charge is 0.252 e. The van der Waals surface area contributed by atoms with Crippen LogP contribution in [-0.2, 0) is 9.53 Å². The van der Waals surface area contributed by atoms with E-state index >= 15 is 0 Å². The molecule has 0 unspecified atom stereocenters. The zero-order valence-electron chi connectivity index (χ0n) is 18.7. The molecule has 2 aromatic heterocycles. The van der Waals surface area contributed by atoms with E-state index in [4.69, 9.17) is 21.1 Å². The van der Waals surface area contributed by atoms with Crippen molar-refractivity contribution in [1.29, 1.82) is 0 Å². The van der Waals surface area contributed by atoms with Crippen LogP contribution in [0.15, 0.2) is 54.9 Å². The number of hydrogen-bond donors (Lipinski definition) is 3. The highest BCUT2D eigenvalue weighted by Gasteiger charge is 2.39. The highest BCUT2D eigenvalue weighted by molar-refractivity contribution is 6.36. The average Bonchev–Trinajstić information content (AvgIpc) is 3.26. The number of halogens is 2. The second kappa shape index (κ2) is 8.68. The van der Waals surface area contributed by atoms with Crippen molar-refractivity contribution in [3.8, 4) is 11.5 Å². The number of hydrogen-bond acceptors (Lipinski definition) is 6. The number of nitrogens with one attached hydrogen (secondary N) is 3. The maximum Gasteiger partial charge on any atom is 0.252 e. The zero-order valence-corrected chi connectivity index (χ0v) is 19.5. The molecule has 0 fully saturated rings. The summed E-state index contributed by atoms with van der Waals surface area (Å²) < 4.78 is 24.7. The molecule has 10 heteroatoms. The number of methoxy groups -OCH3 is 1. The summed E-state index contributed by atoms with van der Waals surface area (Å²) in [6.07, 6.45) is 3.06. The van der Waals surface area contributed by atoms with Gasteiger partial charge in [-0.1, -0.05) is 23.7 Å². The van der Waals surface area contributed by atoms with E-state index in [-0.39, 0.29) is 40.4 Å². The molecule has 5 rings (SSSR count). The van der Waals surface area contributed by atoms with Crippen molar-refractivity contribution in [3.05, 3.63) is 76.8 Å². The number of aromatic amines is 1. The molecule has 2 aromatic carbocycles. The number of carbonyl (C=O) groups is 2. The Morgan fingerprint density at radius 1 is 1.20 bits per heavy atom. The summed E-state index contributed by atoms with van der Waals surface area (Å²) in [5, 5.41) is 6.70. The molecule has 8 nitrogen and oxygen atoms in total. The first kappa shape index (κ1) is 22.8. The van der Waals surface area contributed by atoms with E-state index in [9.17, 15) is 14.0 Å². The maximum atomic E-state index is 13.9. The first-order valence-corrected chi connectivity index (χ1v) is 11.0. The van der Waals surface area contributed by atoms with Crippen molar-refractivity contribution in [2.45, 2.75) is 12.5 Å². The van der Waals surface area contributed by atoms with Gasteiger partial charge in [-0.05, 0) is 31.2 Å². The molecule has 1 amide bonds. The highest BCUT2D eigenvalue weighted by atomic mass is 35.5. The quantitative estimate of drug-likeness (QED) is 0.320. The third-order valence-corrected chi connectivity index (χ3v) is 6.09. The molecule has 1 aliphatic heterocycles. The number of benzene rings is 2. The summed E-state index contributed by atoms with van der Waals surface area (Å²) in [4.78, 5) is 33.5. The summed E-state index contributed by atoms with van der Waals surface area (Å²) in [7, 11) is 1.50. The van der Waals surface area contributed by atoms with E-state index in [1.807, 2.05) is 0 Å². The van der Waals surface area contributed by atoms with Gasteiger partial charge in [0, 0.05) is 24.9 Å². The lowest BCUT2D eigenvalue weighted by molar-refractivity contribution is -0.121. The fourth-order valence-electron chi connectivity index (χ4n) is 4.03. The molecule has 1 atom stereocenters. The fourth-order valence-corrected chi connectivity index (χ4v) is 4.28. The van der Waals surface area contributed by atoms with Crippen LogP contribution in [-0.4, -0.2) is 40.9 Å². The zero-order chi connectivity index (χ0) is 24.7. The molecule has 0 saturated carbocycles. The van der Waals surface area contributed by atoms with E-state index in [0.717, 1.165) is 0 Å². The predicted octanol–water partition coefficient (Wildman–Crippen LogP) is 5.15. The summed E-state index contributed by atoms with van der Waals surface area (Å²) in [5.74, 6) is -0.815. The average molecular weight is 495 g/mol. The number of carbonyl (C=O) groups excluding carboxylic acids is 2. The number of rotatable bonds is 6. The Balaban J connectivity index is 1.52. The lowest BCUT2D eigenvalue weighted by Gasteiger charge is -2.35. The monoisotopic (exact) mass is 494 g/mol. The van der Waals surface area contributed by atoms with Crippen LogP contribution >= 0.6 is 11.6 Å². The minimum atomic E-state index is -1.04. The number of para-hydroxylation sites is 1. The molecule has 0 saturated heterocycles. The third-order valence-electron chi connectivity index (χ3n) is 5.78. The number of pyridine rings is 1.